The topological polar surface area (TPSA) is 50.4 Å². The lowest BCUT2D eigenvalue weighted by Gasteiger charge is -2.23. The van der Waals surface area contributed by atoms with Crippen LogP contribution in [-0.2, 0) is 4.79 Å². The molecule has 0 bridgehead atoms. The van der Waals surface area contributed by atoms with E-state index in [0.717, 1.165) is 38.1 Å². The summed E-state index contributed by atoms with van der Waals surface area (Å²) >= 11 is 5.89. The molecule has 0 aromatic heterocycles. The average molecular weight is 309 g/mol. The second-order valence-electron chi connectivity index (χ2n) is 5.97. The second kappa shape index (κ2) is 6.24. The molecule has 1 amide bonds. The predicted octanol–water partition coefficient (Wildman–Crippen LogP) is 2.22. The van der Waals surface area contributed by atoms with Crippen LogP contribution in [0.15, 0.2) is 24.3 Å². The Labute approximate surface area is 130 Å². The van der Waals surface area contributed by atoms with E-state index in [2.05, 4.69) is 10.6 Å². The van der Waals surface area contributed by atoms with E-state index in [4.69, 9.17) is 16.3 Å². The van der Waals surface area contributed by atoms with Gasteiger partial charge in [-0.25, -0.2) is 0 Å². The molecular weight excluding hydrogens is 288 g/mol. The number of carbonyl (C=O) groups is 1. The number of rotatable bonds is 5. The van der Waals surface area contributed by atoms with Crippen LogP contribution in [0.1, 0.15) is 19.3 Å². The zero-order chi connectivity index (χ0) is 14.7. The van der Waals surface area contributed by atoms with E-state index < -0.39 is 0 Å². The van der Waals surface area contributed by atoms with Gasteiger partial charge in [-0.3, -0.25) is 4.79 Å². The fourth-order valence-electron chi connectivity index (χ4n) is 3.22. The molecule has 1 saturated heterocycles. The van der Waals surface area contributed by atoms with Gasteiger partial charge in [0.2, 0.25) is 5.91 Å². The van der Waals surface area contributed by atoms with Crippen LogP contribution in [0.2, 0.25) is 5.02 Å². The maximum Gasteiger partial charge on any atom is 0.223 e. The summed E-state index contributed by atoms with van der Waals surface area (Å²) in [6.07, 6.45) is 3.31. The molecule has 1 spiro atoms. The van der Waals surface area contributed by atoms with Gasteiger partial charge in [-0.05, 0) is 56.0 Å². The van der Waals surface area contributed by atoms with Gasteiger partial charge >= 0.3 is 0 Å². The molecule has 2 aliphatic rings. The minimum absolute atomic E-state index is 0.187. The average Bonchev–Trinajstić information content (AvgIpc) is 3.18. The Kier molecular flexibility index (Phi) is 4.36. The van der Waals surface area contributed by atoms with Crippen molar-refractivity contribution in [2.75, 3.05) is 26.2 Å². The van der Waals surface area contributed by atoms with Crippen LogP contribution in [0.25, 0.3) is 0 Å². The minimum atomic E-state index is 0.187. The largest absolute Gasteiger partial charge is 0.492 e. The highest BCUT2D eigenvalue weighted by Crippen LogP contribution is 2.58. The molecule has 1 aromatic rings. The van der Waals surface area contributed by atoms with Crippen LogP contribution in [0.4, 0.5) is 0 Å². The first-order chi connectivity index (χ1) is 10.2. The molecule has 1 heterocycles. The maximum atomic E-state index is 12.1. The van der Waals surface area contributed by atoms with Crippen molar-refractivity contribution in [2.24, 2.45) is 11.3 Å². The molecule has 5 heteroatoms. The van der Waals surface area contributed by atoms with Crippen molar-refractivity contribution in [3.05, 3.63) is 29.3 Å². The first kappa shape index (κ1) is 14.7. The van der Waals surface area contributed by atoms with Crippen LogP contribution in [0.5, 0.6) is 5.75 Å². The van der Waals surface area contributed by atoms with Crippen LogP contribution in [-0.4, -0.2) is 32.1 Å². The molecule has 114 valence electrons. The van der Waals surface area contributed by atoms with E-state index in [0.29, 0.717) is 23.6 Å². The van der Waals surface area contributed by atoms with Crippen LogP contribution in [0, 0.1) is 11.3 Å². The Morgan fingerprint density at radius 3 is 3.00 bits per heavy atom. The van der Waals surface area contributed by atoms with Crippen molar-refractivity contribution < 1.29 is 9.53 Å². The first-order valence-electron chi connectivity index (χ1n) is 7.56. The molecular formula is C16H21ClN2O2. The summed E-state index contributed by atoms with van der Waals surface area (Å²) in [7, 11) is 0. The van der Waals surface area contributed by atoms with Crippen molar-refractivity contribution in [1.29, 1.82) is 0 Å². The summed E-state index contributed by atoms with van der Waals surface area (Å²) in [5, 5.41) is 6.99. The van der Waals surface area contributed by atoms with Crippen LogP contribution < -0.4 is 15.4 Å². The number of carbonyl (C=O) groups excluding carboxylic acids is 1. The Morgan fingerprint density at radius 1 is 1.43 bits per heavy atom. The predicted molar refractivity (Wildman–Crippen MR) is 82.6 cm³/mol. The minimum Gasteiger partial charge on any atom is -0.492 e. The van der Waals surface area contributed by atoms with Gasteiger partial charge in [0.15, 0.2) is 0 Å². The van der Waals surface area contributed by atoms with E-state index in [-0.39, 0.29) is 11.8 Å². The van der Waals surface area contributed by atoms with Gasteiger partial charge in [0.1, 0.15) is 12.4 Å². The third-order valence-electron chi connectivity index (χ3n) is 4.57. The smallest absolute Gasteiger partial charge is 0.223 e. The van der Waals surface area contributed by atoms with Gasteiger partial charge in [0.05, 0.1) is 6.54 Å². The standard InChI is InChI=1S/C16H21ClN2O2/c17-12-2-1-3-13(10-12)21-9-8-19-15(20)14-11-16(14)4-6-18-7-5-16/h1-3,10,14,18H,4-9,11H2,(H,19,20). The summed E-state index contributed by atoms with van der Waals surface area (Å²) in [6.45, 7) is 3.09. The van der Waals surface area contributed by atoms with Crippen molar-refractivity contribution in [3.8, 4) is 5.75 Å². The van der Waals surface area contributed by atoms with Gasteiger partial charge in [-0.1, -0.05) is 17.7 Å². The number of amides is 1. The van der Waals surface area contributed by atoms with Crippen molar-refractivity contribution in [2.45, 2.75) is 19.3 Å². The highest BCUT2D eigenvalue weighted by atomic mass is 35.5. The first-order valence-corrected chi connectivity index (χ1v) is 7.94. The molecule has 0 radical (unpaired) electrons. The number of benzene rings is 1. The van der Waals surface area contributed by atoms with Gasteiger partial charge in [0.25, 0.3) is 0 Å². The summed E-state index contributed by atoms with van der Waals surface area (Å²) in [6, 6.07) is 7.29. The SMILES string of the molecule is O=C(NCCOc1cccc(Cl)c1)C1CC12CCNCC2. The fourth-order valence-corrected chi connectivity index (χ4v) is 3.40. The number of hydrogen-bond acceptors (Lipinski definition) is 3. The number of ether oxygens (including phenoxy) is 1. The van der Waals surface area contributed by atoms with E-state index in [1.54, 1.807) is 6.07 Å². The number of hydrogen-bond donors (Lipinski definition) is 2. The molecule has 21 heavy (non-hydrogen) atoms. The molecule has 1 aliphatic carbocycles. The normalized spacial score (nSPS) is 22.8. The fraction of sp³-hybridized carbons (Fsp3) is 0.562. The summed E-state index contributed by atoms with van der Waals surface area (Å²) in [5.41, 5.74) is 0.295. The summed E-state index contributed by atoms with van der Waals surface area (Å²) in [5.74, 6) is 1.13. The van der Waals surface area contributed by atoms with Crippen LogP contribution >= 0.6 is 11.6 Å². The van der Waals surface area contributed by atoms with Crippen molar-refractivity contribution in [1.82, 2.24) is 10.6 Å². The van der Waals surface area contributed by atoms with E-state index in [1.165, 1.54) is 0 Å². The quantitative estimate of drug-likeness (QED) is 0.820. The number of nitrogens with one attached hydrogen (secondary N) is 2. The molecule has 2 N–H and O–H groups in total. The molecule has 1 atom stereocenters. The lowest BCUT2D eigenvalue weighted by Crippen LogP contribution is -2.35. The zero-order valence-corrected chi connectivity index (χ0v) is 12.8. The highest BCUT2D eigenvalue weighted by molar-refractivity contribution is 6.30. The molecule has 1 aliphatic heterocycles. The van der Waals surface area contributed by atoms with E-state index >= 15 is 0 Å². The Hall–Kier alpha value is -1.26. The molecule has 1 unspecified atom stereocenters. The lowest BCUT2D eigenvalue weighted by molar-refractivity contribution is -0.123. The van der Waals surface area contributed by atoms with Crippen LogP contribution in [0.3, 0.4) is 0 Å². The molecule has 1 saturated carbocycles. The summed E-state index contributed by atoms with van der Waals surface area (Å²) in [4.78, 5) is 12.1. The number of halogens is 1. The van der Waals surface area contributed by atoms with E-state index in [1.807, 2.05) is 18.2 Å². The van der Waals surface area contributed by atoms with Gasteiger partial charge < -0.3 is 15.4 Å². The molecule has 1 aromatic carbocycles. The summed E-state index contributed by atoms with van der Waals surface area (Å²) < 4.78 is 5.57. The second-order valence-corrected chi connectivity index (χ2v) is 6.40. The van der Waals surface area contributed by atoms with Gasteiger partial charge in [-0.2, -0.15) is 0 Å². The van der Waals surface area contributed by atoms with Gasteiger partial charge in [0, 0.05) is 10.9 Å². The monoisotopic (exact) mass is 308 g/mol. The third-order valence-corrected chi connectivity index (χ3v) is 4.81. The number of piperidine rings is 1. The molecule has 4 nitrogen and oxygen atoms in total. The lowest BCUT2D eigenvalue weighted by atomic mass is 9.92. The molecule has 3 rings (SSSR count). The third kappa shape index (κ3) is 3.50. The molecule has 2 fully saturated rings. The van der Waals surface area contributed by atoms with Crippen molar-refractivity contribution in [3.63, 3.8) is 0 Å². The maximum absolute atomic E-state index is 12.1. The van der Waals surface area contributed by atoms with Gasteiger partial charge in [-0.15, -0.1) is 0 Å². The van der Waals surface area contributed by atoms with E-state index in [9.17, 15) is 4.79 Å². The Morgan fingerprint density at radius 2 is 2.24 bits per heavy atom. The Bertz CT molecular complexity index is 515. The highest BCUT2D eigenvalue weighted by Gasteiger charge is 2.57. The van der Waals surface area contributed by atoms with Crippen molar-refractivity contribution >= 4 is 17.5 Å². The zero-order valence-electron chi connectivity index (χ0n) is 12.0. The Balaban J connectivity index is 1.37.